The number of thioether (sulfide) groups is 1. The number of pyridine rings is 1. The summed E-state index contributed by atoms with van der Waals surface area (Å²) in [5, 5.41) is 2.94. The van der Waals surface area contributed by atoms with Crippen LogP contribution in [0.15, 0.2) is 29.4 Å². The molecule has 40 heavy (non-hydrogen) atoms. The van der Waals surface area contributed by atoms with E-state index in [0.717, 1.165) is 46.6 Å². The van der Waals surface area contributed by atoms with E-state index < -0.39 is 77.8 Å². The number of hydrogen-bond acceptors (Lipinski definition) is 14. The van der Waals surface area contributed by atoms with Crippen LogP contribution in [0.5, 0.6) is 0 Å². The van der Waals surface area contributed by atoms with Crippen molar-refractivity contribution in [3.05, 3.63) is 24.4 Å². The van der Waals surface area contributed by atoms with Gasteiger partial charge in [-0.25, -0.2) is 9.78 Å². The fraction of sp³-hybridized carbons (Fsp3) is 0.560. The summed E-state index contributed by atoms with van der Waals surface area (Å²) in [7, 11) is 1.12. The highest BCUT2D eigenvalue weighted by molar-refractivity contribution is 8.01. The van der Waals surface area contributed by atoms with Crippen molar-refractivity contribution in [2.75, 3.05) is 13.7 Å². The Morgan fingerprint density at radius 2 is 1.70 bits per heavy atom. The minimum Gasteiger partial charge on any atom is -0.466 e. The lowest BCUT2D eigenvalue weighted by Gasteiger charge is -2.48. The van der Waals surface area contributed by atoms with Crippen molar-refractivity contribution in [2.45, 2.75) is 81.5 Å². The molecule has 1 fully saturated rings. The normalized spacial score (nSPS) is 23.5. The Labute approximate surface area is 234 Å². The van der Waals surface area contributed by atoms with E-state index >= 15 is 0 Å². The Morgan fingerprint density at radius 3 is 2.20 bits per heavy atom. The molecule has 1 aliphatic heterocycles. The Bertz CT molecular complexity index is 1100. The molecule has 1 N–H and O–H groups in total. The Balaban J connectivity index is 2.76. The van der Waals surface area contributed by atoms with Crippen molar-refractivity contribution in [3.8, 4) is 0 Å². The monoisotopic (exact) mass is 584 g/mol. The van der Waals surface area contributed by atoms with Crippen molar-refractivity contribution in [3.63, 3.8) is 0 Å². The first-order chi connectivity index (χ1) is 18.8. The van der Waals surface area contributed by atoms with Crippen molar-refractivity contribution in [2.24, 2.45) is 0 Å². The van der Waals surface area contributed by atoms with Gasteiger partial charge in [-0.1, -0.05) is 17.8 Å². The van der Waals surface area contributed by atoms with Gasteiger partial charge in [0.2, 0.25) is 10.8 Å². The predicted molar refractivity (Wildman–Crippen MR) is 135 cm³/mol. The summed E-state index contributed by atoms with van der Waals surface area (Å²) in [5.41, 5.74) is 0. The molecule has 1 saturated heterocycles. The van der Waals surface area contributed by atoms with Crippen molar-refractivity contribution >= 4 is 47.5 Å². The van der Waals surface area contributed by atoms with Gasteiger partial charge < -0.3 is 33.7 Å². The largest absolute Gasteiger partial charge is 0.466 e. The van der Waals surface area contributed by atoms with E-state index in [9.17, 15) is 28.8 Å². The van der Waals surface area contributed by atoms with E-state index in [2.05, 4.69) is 10.3 Å². The molecule has 15 heteroatoms. The maximum Gasteiger partial charge on any atom is 0.349 e. The highest BCUT2D eigenvalue weighted by atomic mass is 32.2. The number of nitrogens with zero attached hydrogens (tertiary/aromatic N) is 1. The van der Waals surface area contributed by atoms with Gasteiger partial charge in [-0.2, -0.15) is 0 Å². The van der Waals surface area contributed by atoms with Crippen LogP contribution in [-0.4, -0.2) is 89.8 Å². The lowest BCUT2D eigenvalue weighted by molar-refractivity contribution is -0.224. The second-order valence-electron chi connectivity index (χ2n) is 8.70. The van der Waals surface area contributed by atoms with E-state index in [0.29, 0.717) is 5.03 Å². The van der Waals surface area contributed by atoms with Gasteiger partial charge in [-0.05, 0) is 12.1 Å². The third-order valence-corrected chi connectivity index (χ3v) is 6.61. The van der Waals surface area contributed by atoms with Crippen LogP contribution in [-0.2, 0) is 57.2 Å². The molecule has 0 spiro atoms. The van der Waals surface area contributed by atoms with E-state index in [1.807, 2.05) is 0 Å². The molecule has 0 bridgehead atoms. The van der Waals surface area contributed by atoms with Crippen LogP contribution in [0.25, 0.3) is 0 Å². The standard InChI is InChI=1S/C25H32N2O12S/c1-13(28)27-21-18(36-15(3)30)11-25(24(33)34-6,40-20-9-7-8-10-26-20)39-23(21)22(38-17(5)32)19(37-16(4)31)12-35-14(2)29/h7-10,18-19,21-23H,11-12H2,1-6H3,(H,27,28)/t18-,19+,21+,22+,23+,25-/m0/s1. The highest BCUT2D eigenvalue weighted by Crippen LogP contribution is 2.45. The Kier molecular flexibility index (Phi) is 11.9. The van der Waals surface area contributed by atoms with Gasteiger partial charge >= 0.3 is 29.8 Å². The number of methoxy groups -OCH3 is 1. The van der Waals surface area contributed by atoms with Gasteiger partial charge in [0.25, 0.3) is 0 Å². The third kappa shape index (κ3) is 9.19. The van der Waals surface area contributed by atoms with E-state index in [1.54, 1.807) is 18.2 Å². The molecular formula is C25H32N2O12S. The van der Waals surface area contributed by atoms with Crippen LogP contribution < -0.4 is 5.32 Å². The quantitative estimate of drug-likeness (QED) is 0.283. The molecule has 0 saturated carbocycles. The molecule has 6 atom stereocenters. The zero-order valence-corrected chi connectivity index (χ0v) is 23.7. The molecular weight excluding hydrogens is 552 g/mol. The van der Waals surface area contributed by atoms with Crippen LogP contribution in [0.4, 0.5) is 0 Å². The van der Waals surface area contributed by atoms with Gasteiger partial charge in [-0.15, -0.1) is 0 Å². The second kappa shape index (κ2) is 14.6. The molecule has 1 amide bonds. The Hall–Kier alpha value is -3.72. The maximum absolute atomic E-state index is 13.3. The number of nitrogens with one attached hydrogen (secondary N) is 1. The zero-order valence-electron chi connectivity index (χ0n) is 22.9. The summed E-state index contributed by atoms with van der Waals surface area (Å²) < 4.78 is 32.8. The smallest absolute Gasteiger partial charge is 0.349 e. The number of amides is 1. The average Bonchev–Trinajstić information content (AvgIpc) is 2.85. The fourth-order valence-electron chi connectivity index (χ4n) is 4.08. The molecule has 1 aromatic rings. The SMILES string of the molecule is COC(=O)[C@@]1(Sc2ccccn2)C[C@H](OC(C)=O)[C@@H](NC(C)=O)[C@H]([C@H](OC(C)=O)[C@@H](COC(C)=O)OC(C)=O)O1. The van der Waals surface area contributed by atoms with Crippen LogP contribution in [0.3, 0.4) is 0 Å². The number of carbonyl (C=O) groups excluding carboxylic acids is 6. The zero-order chi connectivity index (χ0) is 30.0. The topological polar surface area (TPSA) is 183 Å². The minimum atomic E-state index is -1.95. The van der Waals surface area contributed by atoms with E-state index in [4.69, 9.17) is 28.4 Å². The predicted octanol–water partition coefficient (Wildman–Crippen LogP) is 0.695. The number of carbonyl (C=O) groups is 6. The maximum atomic E-state index is 13.3. The third-order valence-electron chi connectivity index (χ3n) is 5.40. The molecule has 220 valence electrons. The summed E-state index contributed by atoms with van der Waals surface area (Å²) in [5.74, 6) is -4.63. The molecule has 14 nitrogen and oxygen atoms in total. The molecule has 0 unspecified atom stereocenters. The van der Waals surface area contributed by atoms with Gasteiger partial charge in [0.05, 0.1) is 18.2 Å². The van der Waals surface area contributed by atoms with Crippen molar-refractivity contribution < 1.29 is 57.2 Å². The number of rotatable bonds is 11. The summed E-state index contributed by atoms with van der Waals surface area (Å²) >= 11 is 0.835. The molecule has 1 aromatic heterocycles. The number of hydrogen-bond donors (Lipinski definition) is 1. The van der Waals surface area contributed by atoms with Gasteiger partial charge in [0.1, 0.15) is 18.8 Å². The highest BCUT2D eigenvalue weighted by Gasteiger charge is 2.59. The van der Waals surface area contributed by atoms with Gasteiger partial charge in [0, 0.05) is 47.2 Å². The van der Waals surface area contributed by atoms with Gasteiger partial charge in [-0.3, -0.25) is 24.0 Å². The van der Waals surface area contributed by atoms with Crippen LogP contribution in [0.2, 0.25) is 0 Å². The molecule has 2 heterocycles. The number of esters is 5. The van der Waals surface area contributed by atoms with Crippen LogP contribution in [0.1, 0.15) is 41.0 Å². The summed E-state index contributed by atoms with van der Waals surface area (Å²) in [6.07, 6.45) is -4.63. The number of aromatic nitrogens is 1. The molecule has 1 aliphatic rings. The minimum absolute atomic E-state index is 0.323. The van der Waals surface area contributed by atoms with Crippen molar-refractivity contribution in [1.82, 2.24) is 10.3 Å². The lowest BCUT2D eigenvalue weighted by atomic mass is 9.89. The molecule has 0 aromatic carbocycles. The lowest BCUT2D eigenvalue weighted by Crippen LogP contribution is -2.68. The average molecular weight is 585 g/mol. The first-order valence-electron chi connectivity index (χ1n) is 12.1. The first-order valence-corrected chi connectivity index (χ1v) is 12.9. The summed E-state index contributed by atoms with van der Waals surface area (Å²) in [4.78, 5) is 75.8. The second-order valence-corrected chi connectivity index (χ2v) is 9.98. The summed E-state index contributed by atoms with van der Waals surface area (Å²) in [6, 6.07) is 3.69. The fourth-order valence-corrected chi connectivity index (χ4v) is 5.25. The van der Waals surface area contributed by atoms with Crippen LogP contribution in [0, 0.1) is 0 Å². The summed E-state index contributed by atoms with van der Waals surface area (Å²) in [6.45, 7) is 5.01. The first kappa shape index (κ1) is 32.5. The van der Waals surface area contributed by atoms with Crippen molar-refractivity contribution in [1.29, 1.82) is 0 Å². The number of ether oxygens (including phenoxy) is 6. The molecule has 2 rings (SSSR count). The van der Waals surface area contributed by atoms with Crippen LogP contribution >= 0.6 is 11.8 Å². The van der Waals surface area contributed by atoms with E-state index in [1.165, 1.54) is 13.1 Å². The Morgan fingerprint density at radius 1 is 1.02 bits per heavy atom. The van der Waals surface area contributed by atoms with E-state index in [-0.39, 0.29) is 6.42 Å². The van der Waals surface area contributed by atoms with Gasteiger partial charge in [0.15, 0.2) is 12.2 Å². The molecule has 0 aliphatic carbocycles. The molecule has 0 radical (unpaired) electrons.